The van der Waals surface area contributed by atoms with Crippen molar-refractivity contribution < 1.29 is 77.4 Å². The second-order valence-corrected chi connectivity index (χ2v) is 30.4. The third kappa shape index (κ3) is 20.2. The van der Waals surface area contributed by atoms with Gasteiger partial charge in [-0.05, 0) is 154 Å². The molecule has 0 unspecified atom stereocenters. The second kappa shape index (κ2) is 38.0. The predicted octanol–water partition coefficient (Wildman–Crippen LogP) is 17.0. The highest BCUT2D eigenvalue weighted by Gasteiger charge is 2.39. The molecule has 6 N–H and O–H groups in total. The lowest BCUT2D eigenvalue weighted by Crippen LogP contribution is -2.40. The molecule has 15 rings (SSSR count). The highest BCUT2D eigenvalue weighted by Crippen LogP contribution is 2.42. The number of nitrogen functional groups attached to an aromatic ring is 3. The smallest absolute Gasteiger partial charge is 0.419 e. The van der Waals surface area contributed by atoms with E-state index in [-0.39, 0.29) is 113 Å². The van der Waals surface area contributed by atoms with Crippen LogP contribution in [0.25, 0.3) is 66.9 Å². The summed E-state index contributed by atoms with van der Waals surface area (Å²) in [6.07, 6.45) is -0.340. The fraction of sp³-hybridized carbons (Fsp3) is 0.292. The third-order valence-corrected chi connectivity index (χ3v) is 22.3. The van der Waals surface area contributed by atoms with Gasteiger partial charge in [0.25, 0.3) is 0 Å². The number of carbonyl (C=O) groups excluding carboxylic acids is 6. The van der Waals surface area contributed by atoms with Gasteiger partial charge in [-0.1, -0.05) is 104 Å². The standard InChI is InChI=1S/C31H31F3N6O3.C29H26ClF3N6O2.C29H26F4N6O2/c1-3-26(42)39-15-5-6-22(17-39)40-30-27(29(35)36-18-37-30)28(38-40)20-10-7-19(8-11-20)9-13-24(41)21-12-14-25(43-4-2)23(16-21)31(32,33)34;1-2-24(41)38-13-3-4-20(15-38)39-28-25(27(34)35-16-36-28)26(37-39)18-8-5-17(6-9-18)7-12-23(40)21-14-19(29(31,32)33)10-11-22(21)30;1-2-24(41)38-13-3-4-20(15-38)39-28-25(27(34)35-16-36-28)26(37-39)18-8-5-17(6-9-18)7-12-23(40)19-10-11-22(30)21(14-19)29(31,32)33/h3,7-8,10-12,14,16,18,22H,1,4-6,9,13,15,17H2,2H3,(H2,35,36,37);2*2,5-6,8-11,14,16,20H,1,3-4,7,12-13,15H2,(H2,34,35,36)/t22-;2*20-/m111/s1. The van der Waals surface area contributed by atoms with Crippen LogP contribution in [-0.2, 0) is 52.2 Å². The van der Waals surface area contributed by atoms with Gasteiger partial charge in [-0.2, -0.15) is 54.8 Å². The third-order valence-electron chi connectivity index (χ3n) is 21.9. The van der Waals surface area contributed by atoms with E-state index in [4.69, 9.17) is 48.8 Å². The van der Waals surface area contributed by atoms with Crippen molar-refractivity contribution in [3.63, 3.8) is 0 Å². The first kappa shape index (κ1) is 89.2. The number of Topliss-reactive ketones (excluding diaryl/α,β-unsaturated/α-hetero) is 3. The zero-order valence-corrected chi connectivity index (χ0v) is 68.1. The fourth-order valence-corrected chi connectivity index (χ4v) is 15.8. The van der Waals surface area contributed by atoms with E-state index in [9.17, 15) is 72.7 Å². The maximum atomic E-state index is 13.6. The van der Waals surface area contributed by atoms with Crippen molar-refractivity contribution in [1.29, 1.82) is 0 Å². The van der Waals surface area contributed by atoms with Crippen molar-refractivity contribution in [1.82, 2.24) is 73.9 Å². The zero-order valence-electron chi connectivity index (χ0n) is 67.3. The number of nitrogens with two attached hydrogens (primary N) is 3. The number of ketones is 3. The number of anilines is 3. The molecule has 0 aliphatic carbocycles. The van der Waals surface area contributed by atoms with Gasteiger partial charge in [0.1, 0.15) is 65.1 Å². The minimum Gasteiger partial charge on any atom is -0.493 e. The number of fused-ring (bicyclic) bond motifs is 3. The van der Waals surface area contributed by atoms with Crippen LogP contribution in [0.5, 0.6) is 5.75 Å². The number of carbonyl (C=O) groups is 6. The van der Waals surface area contributed by atoms with Gasteiger partial charge in [0.15, 0.2) is 34.3 Å². The van der Waals surface area contributed by atoms with Gasteiger partial charge in [-0.15, -0.1) is 0 Å². The Morgan fingerprint density at radius 2 is 0.808 bits per heavy atom. The molecule has 0 radical (unpaired) electrons. The summed E-state index contributed by atoms with van der Waals surface area (Å²) in [5.74, 6) is -2.70. The molecule has 6 aromatic heterocycles. The summed E-state index contributed by atoms with van der Waals surface area (Å²) >= 11 is 6.02. The molecule has 12 aromatic rings. The average molecular weight is 1740 g/mol. The number of benzene rings is 6. The first-order valence-corrected chi connectivity index (χ1v) is 40.3. The van der Waals surface area contributed by atoms with Crippen LogP contribution in [0.4, 0.5) is 61.4 Å². The van der Waals surface area contributed by atoms with Gasteiger partial charge < -0.3 is 36.6 Å². The number of piperidine rings is 3. The SMILES string of the molecule is C=CC(=O)N1CCC[C@@H](n2nc(-c3ccc(CCC(=O)c4cc(C(F)(F)F)ccc4Cl)cc3)c3c(N)ncnc32)C1.C=CC(=O)N1CCC[C@@H](n2nc(-c3ccc(CCC(=O)c4ccc(F)c(C(F)(F)F)c4)cc3)c3c(N)ncnc32)C1.C=CC(=O)N1CCC[C@@H](n2nc(-c3ccc(CCC(=O)c4ccc(OCC)c(C(F)(F)F)c4)cc3)c3c(N)ncnc32)C1. The first-order chi connectivity index (χ1) is 59.7. The van der Waals surface area contributed by atoms with E-state index in [2.05, 4.69) is 49.6 Å². The molecular weight excluding hydrogens is 1660 g/mol. The number of ether oxygens (including phenoxy) is 1. The van der Waals surface area contributed by atoms with Crippen LogP contribution < -0.4 is 21.9 Å². The lowest BCUT2D eigenvalue weighted by atomic mass is 9.99. The number of hydrogen-bond acceptors (Lipinski definition) is 19. The molecule has 125 heavy (non-hydrogen) atoms. The van der Waals surface area contributed by atoms with E-state index < -0.39 is 58.4 Å². The Kier molecular flexibility index (Phi) is 27.1. The summed E-state index contributed by atoms with van der Waals surface area (Å²) < 4.78 is 143. The number of nitrogens with zero attached hydrogens (tertiary/aromatic N) is 15. The molecule has 3 aliphatic rings. The van der Waals surface area contributed by atoms with E-state index in [1.54, 1.807) is 43.1 Å². The van der Waals surface area contributed by atoms with Crippen LogP contribution in [-0.4, -0.2) is 155 Å². The largest absolute Gasteiger partial charge is 0.493 e. The molecule has 25 nitrogen and oxygen atoms in total. The molecule has 36 heteroatoms. The maximum absolute atomic E-state index is 13.6. The Balaban J connectivity index is 0.000000161. The Hall–Kier alpha value is -13.6. The second-order valence-electron chi connectivity index (χ2n) is 30.0. The highest BCUT2D eigenvalue weighted by molar-refractivity contribution is 6.34. The van der Waals surface area contributed by atoms with E-state index >= 15 is 0 Å². The van der Waals surface area contributed by atoms with Crippen molar-refractivity contribution in [3.05, 3.63) is 245 Å². The van der Waals surface area contributed by atoms with Crippen LogP contribution in [0.3, 0.4) is 0 Å². The average Bonchev–Trinajstić information content (AvgIpc) is 1.62. The molecule has 3 fully saturated rings. The summed E-state index contributed by atoms with van der Waals surface area (Å²) in [6, 6.07) is 30.0. The van der Waals surface area contributed by atoms with Crippen LogP contribution in [0.15, 0.2) is 184 Å². The van der Waals surface area contributed by atoms with Gasteiger partial charge >= 0.3 is 18.5 Å². The summed E-state index contributed by atoms with van der Waals surface area (Å²) in [5.41, 5.74) is 23.1. The number of alkyl halides is 9. The number of halogens is 11. The molecule has 3 aliphatic heterocycles. The quantitative estimate of drug-likeness (QED) is 0.0304. The number of amides is 3. The number of likely N-dealkylation sites (tertiary alicyclic amines) is 3. The highest BCUT2D eigenvalue weighted by atomic mass is 35.5. The predicted molar refractivity (Wildman–Crippen MR) is 449 cm³/mol. The van der Waals surface area contributed by atoms with Gasteiger partial charge in [-0.25, -0.2) is 48.3 Å². The fourth-order valence-electron chi connectivity index (χ4n) is 15.5. The number of rotatable bonds is 23. The minimum absolute atomic E-state index is 0.0136. The van der Waals surface area contributed by atoms with E-state index in [1.807, 2.05) is 65.3 Å². The van der Waals surface area contributed by atoms with Gasteiger partial charge in [0.05, 0.1) is 62.6 Å². The van der Waals surface area contributed by atoms with Crippen molar-refractivity contribution in [2.24, 2.45) is 0 Å². The summed E-state index contributed by atoms with van der Waals surface area (Å²) in [6.45, 7) is 15.8. The zero-order chi connectivity index (χ0) is 89.3. The number of aryl methyl sites for hydroxylation is 3. The Morgan fingerprint density at radius 3 is 1.15 bits per heavy atom. The number of hydrogen-bond donors (Lipinski definition) is 3. The van der Waals surface area contributed by atoms with Crippen LogP contribution in [0.2, 0.25) is 5.02 Å². The minimum atomic E-state index is -4.89. The van der Waals surface area contributed by atoms with Crippen LogP contribution in [0.1, 0.15) is 147 Å². The lowest BCUT2D eigenvalue weighted by molar-refractivity contribution is -0.140. The molecule has 3 atom stereocenters. The molecule has 3 saturated heterocycles. The van der Waals surface area contributed by atoms with E-state index in [0.717, 1.165) is 102 Å². The van der Waals surface area contributed by atoms with Gasteiger partial charge in [0, 0.05) is 91.9 Å². The normalized spacial score (nSPS) is 15.6. The van der Waals surface area contributed by atoms with Crippen molar-refractivity contribution in [2.75, 3.05) is 63.1 Å². The van der Waals surface area contributed by atoms with E-state index in [1.165, 1.54) is 49.3 Å². The van der Waals surface area contributed by atoms with Crippen LogP contribution in [0, 0.1) is 5.82 Å². The molecule has 0 spiro atoms. The molecule has 0 saturated carbocycles. The molecule has 9 heterocycles. The van der Waals surface area contributed by atoms with Crippen molar-refractivity contribution in [2.45, 2.75) is 121 Å². The molecular formula is C89H83ClF10N18O7. The van der Waals surface area contributed by atoms with Crippen molar-refractivity contribution >= 4 is 97.2 Å². The van der Waals surface area contributed by atoms with Crippen LogP contribution >= 0.6 is 11.6 Å². The monoisotopic (exact) mass is 1740 g/mol. The summed E-state index contributed by atoms with van der Waals surface area (Å²) in [7, 11) is 0. The Bertz CT molecular complexity index is 6100. The molecule has 3 amide bonds. The summed E-state index contributed by atoms with van der Waals surface area (Å²) in [4.78, 5) is 106. The number of aromatic nitrogens is 12. The molecule has 6 aromatic carbocycles. The molecule has 648 valence electrons. The molecule has 0 bridgehead atoms. The Morgan fingerprint density at radius 1 is 0.456 bits per heavy atom. The van der Waals surface area contributed by atoms with Crippen molar-refractivity contribution in [3.8, 4) is 39.5 Å². The van der Waals surface area contributed by atoms with Gasteiger partial charge in [0.2, 0.25) is 17.7 Å². The lowest BCUT2D eigenvalue weighted by Gasteiger charge is -2.32. The Labute approximate surface area is 713 Å². The topological polar surface area (TPSA) is 330 Å². The maximum Gasteiger partial charge on any atom is 0.419 e. The summed E-state index contributed by atoms with van der Waals surface area (Å²) in [5, 5.41) is 16.3. The van der Waals surface area contributed by atoms with E-state index in [0.29, 0.717) is 114 Å². The van der Waals surface area contributed by atoms with Gasteiger partial charge in [-0.3, -0.25) is 28.8 Å². The first-order valence-electron chi connectivity index (χ1n) is 39.9.